The van der Waals surface area contributed by atoms with Gasteiger partial charge < -0.3 is 4.42 Å². The van der Waals surface area contributed by atoms with Gasteiger partial charge in [0, 0.05) is 6.54 Å². The van der Waals surface area contributed by atoms with Crippen LogP contribution in [0.3, 0.4) is 0 Å². The van der Waals surface area contributed by atoms with E-state index in [1.165, 1.54) is 19.3 Å². The molecule has 0 fully saturated rings. The molecule has 12 heavy (non-hydrogen) atoms. The van der Waals surface area contributed by atoms with Gasteiger partial charge in [-0.3, -0.25) is 4.99 Å². The summed E-state index contributed by atoms with van der Waals surface area (Å²) in [6.07, 6.45) is 6.56. The Morgan fingerprint density at radius 2 is 2.25 bits per heavy atom. The topological polar surface area (TPSA) is 25.5 Å². The molecule has 0 amide bonds. The highest BCUT2D eigenvalue weighted by Crippen LogP contribution is 2.13. The van der Waals surface area contributed by atoms with Crippen molar-refractivity contribution < 1.29 is 4.42 Å². The van der Waals surface area contributed by atoms with Crippen molar-refractivity contribution in [1.82, 2.24) is 0 Å². The Bertz CT molecular complexity index is 261. The maximum absolute atomic E-state index is 5.30. The van der Waals surface area contributed by atoms with E-state index in [1.54, 1.807) is 6.26 Å². The van der Waals surface area contributed by atoms with Crippen LogP contribution in [0.2, 0.25) is 0 Å². The molecule has 0 spiro atoms. The molecule has 0 radical (unpaired) electrons. The molecule has 2 rings (SSSR count). The van der Waals surface area contributed by atoms with Crippen molar-refractivity contribution >= 4 is 5.71 Å². The third-order valence-electron chi connectivity index (χ3n) is 2.18. The monoisotopic (exact) mass is 163 g/mol. The SMILES string of the molecule is c1coc(C2=NCCCCC2)c1. The van der Waals surface area contributed by atoms with Crippen LogP contribution in [-0.2, 0) is 0 Å². The smallest absolute Gasteiger partial charge is 0.147 e. The Kier molecular flexibility index (Phi) is 2.26. The minimum Gasteiger partial charge on any atom is -0.463 e. The molecule has 1 aliphatic heterocycles. The minimum atomic E-state index is 0.955. The second-order valence-corrected chi connectivity index (χ2v) is 3.12. The van der Waals surface area contributed by atoms with Crippen LogP contribution < -0.4 is 0 Å². The first-order valence-electron chi connectivity index (χ1n) is 4.54. The van der Waals surface area contributed by atoms with E-state index >= 15 is 0 Å². The molecule has 1 aromatic heterocycles. The molecule has 1 aliphatic rings. The van der Waals surface area contributed by atoms with Crippen LogP contribution in [0.4, 0.5) is 0 Å². The molecule has 0 saturated carbocycles. The second-order valence-electron chi connectivity index (χ2n) is 3.12. The number of aliphatic imine (C=N–C) groups is 1. The van der Waals surface area contributed by atoms with E-state index in [1.807, 2.05) is 12.1 Å². The number of hydrogen-bond acceptors (Lipinski definition) is 2. The van der Waals surface area contributed by atoms with E-state index < -0.39 is 0 Å². The Morgan fingerprint density at radius 3 is 3.08 bits per heavy atom. The third kappa shape index (κ3) is 1.58. The Labute approximate surface area is 72.3 Å². The van der Waals surface area contributed by atoms with Crippen LogP contribution in [-0.4, -0.2) is 12.3 Å². The summed E-state index contributed by atoms with van der Waals surface area (Å²) < 4.78 is 5.30. The number of rotatable bonds is 1. The predicted molar refractivity (Wildman–Crippen MR) is 48.6 cm³/mol. The summed E-state index contributed by atoms with van der Waals surface area (Å²) in [5.74, 6) is 0.955. The Hall–Kier alpha value is -1.05. The molecule has 1 aromatic rings. The predicted octanol–water partition coefficient (Wildman–Crippen LogP) is 2.64. The second kappa shape index (κ2) is 3.57. The molecule has 0 saturated heterocycles. The van der Waals surface area contributed by atoms with Gasteiger partial charge in [-0.2, -0.15) is 0 Å². The van der Waals surface area contributed by atoms with Crippen molar-refractivity contribution in [3.8, 4) is 0 Å². The summed E-state index contributed by atoms with van der Waals surface area (Å²) in [6, 6.07) is 3.91. The van der Waals surface area contributed by atoms with Crippen molar-refractivity contribution in [2.75, 3.05) is 6.54 Å². The molecule has 64 valence electrons. The highest BCUT2D eigenvalue weighted by Gasteiger charge is 2.08. The lowest BCUT2D eigenvalue weighted by molar-refractivity contribution is 0.555. The molecule has 2 heteroatoms. The van der Waals surface area contributed by atoms with Gasteiger partial charge in [0.1, 0.15) is 5.76 Å². The van der Waals surface area contributed by atoms with Crippen molar-refractivity contribution in [3.63, 3.8) is 0 Å². The average molecular weight is 163 g/mol. The van der Waals surface area contributed by atoms with Crippen molar-refractivity contribution in [2.24, 2.45) is 4.99 Å². The summed E-state index contributed by atoms with van der Waals surface area (Å²) in [5.41, 5.74) is 1.15. The number of furan rings is 1. The van der Waals surface area contributed by atoms with Gasteiger partial charge >= 0.3 is 0 Å². The first-order chi connectivity index (χ1) is 5.97. The molecule has 0 unspecified atom stereocenters. The highest BCUT2D eigenvalue weighted by molar-refractivity contribution is 5.98. The van der Waals surface area contributed by atoms with Gasteiger partial charge in [0.2, 0.25) is 0 Å². The standard InChI is InChI=1S/C10H13NO/c1-2-5-9(11-7-3-1)10-6-4-8-12-10/h4,6,8H,1-3,5,7H2. The number of nitrogens with zero attached hydrogens (tertiary/aromatic N) is 1. The summed E-state index contributed by atoms with van der Waals surface area (Å²) in [4.78, 5) is 4.49. The first-order valence-corrected chi connectivity index (χ1v) is 4.54. The van der Waals surface area contributed by atoms with Crippen molar-refractivity contribution in [1.29, 1.82) is 0 Å². The van der Waals surface area contributed by atoms with E-state index in [9.17, 15) is 0 Å². The van der Waals surface area contributed by atoms with E-state index in [-0.39, 0.29) is 0 Å². The Morgan fingerprint density at radius 1 is 1.25 bits per heavy atom. The fourth-order valence-corrected chi connectivity index (χ4v) is 1.52. The normalized spacial score (nSPS) is 18.5. The van der Waals surface area contributed by atoms with Gasteiger partial charge in [0.25, 0.3) is 0 Å². The van der Waals surface area contributed by atoms with Crippen LogP contribution >= 0.6 is 0 Å². The lowest BCUT2D eigenvalue weighted by atomic mass is 10.1. The minimum absolute atomic E-state index is 0.955. The van der Waals surface area contributed by atoms with Gasteiger partial charge in [-0.05, 0) is 31.4 Å². The van der Waals surface area contributed by atoms with E-state index in [0.29, 0.717) is 0 Å². The zero-order valence-corrected chi connectivity index (χ0v) is 7.12. The molecule has 0 N–H and O–H groups in total. The van der Waals surface area contributed by atoms with Gasteiger partial charge in [0.15, 0.2) is 0 Å². The largest absolute Gasteiger partial charge is 0.463 e. The van der Waals surface area contributed by atoms with Gasteiger partial charge in [-0.15, -0.1) is 0 Å². The molecular formula is C10H13NO. The maximum atomic E-state index is 5.30. The van der Waals surface area contributed by atoms with E-state index in [4.69, 9.17) is 4.42 Å². The first kappa shape index (κ1) is 7.59. The van der Waals surface area contributed by atoms with E-state index in [2.05, 4.69) is 4.99 Å². The summed E-state index contributed by atoms with van der Waals surface area (Å²) in [7, 11) is 0. The zero-order chi connectivity index (χ0) is 8.23. The van der Waals surface area contributed by atoms with Crippen LogP contribution in [0, 0.1) is 0 Å². The summed E-state index contributed by atoms with van der Waals surface area (Å²) in [6.45, 7) is 0.968. The maximum Gasteiger partial charge on any atom is 0.147 e. The van der Waals surface area contributed by atoms with Gasteiger partial charge in [-0.25, -0.2) is 0 Å². The lowest BCUT2D eigenvalue weighted by Crippen LogP contribution is -1.97. The molecule has 0 bridgehead atoms. The van der Waals surface area contributed by atoms with Gasteiger partial charge in [0.05, 0.1) is 12.0 Å². The summed E-state index contributed by atoms with van der Waals surface area (Å²) >= 11 is 0. The summed E-state index contributed by atoms with van der Waals surface area (Å²) in [5, 5.41) is 0. The van der Waals surface area contributed by atoms with Crippen LogP contribution in [0.15, 0.2) is 27.8 Å². The van der Waals surface area contributed by atoms with Gasteiger partial charge in [-0.1, -0.05) is 6.42 Å². The fourth-order valence-electron chi connectivity index (χ4n) is 1.52. The molecule has 2 nitrogen and oxygen atoms in total. The van der Waals surface area contributed by atoms with Crippen LogP contribution in [0.25, 0.3) is 0 Å². The number of hydrogen-bond donors (Lipinski definition) is 0. The average Bonchev–Trinajstić information content (AvgIpc) is 2.48. The molecule has 0 atom stereocenters. The zero-order valence-electron chi connectivity index (χ0n) is 7.12. The van der Waals surface area contributed by atoms with Crippen LogP contribution in [0.1, 0.15) is 31.4 Å². The van der Waals surface area contributed by atoms with E-state index in [0.717, 1.165) is 24.4 Å². The van der Waals surface area contributed by atoms with Crippen molar-refractivity contribution in [3.05, 3.63) is 24.2 Å². The highest BCUT2D eigenvalue weighted by atomic mass is 16.3. The molecular weight excluding hydrogens is 150 g/mol. The molecule has 2 heterocycles. The third-order valence-corrected chi connectivity index (χ3v) is 2.18. The lowest BCUT2D eigenvalue weighted by Gasteiger charge is -1.97. The fraction of sp³-hybridized carbons (Fsp3) is 0.500. The van der Waals surface area contributed by atoms with Crippen molar-refractivity contribution in [2.45, 2.75) is 25.7 Å². The Balaban J connectivity index is 2.16. The quantitative estimate of drug-likeness (QED) is 0.624. The molecule has 0 aromatic carbocycles. The van der Waals surface area contributed by atoms with Crippen LogP contribution in [0.5, 0.6) is 0 Å². The molecule has 0 aliphatic carbocycles.